The van der Waals surface area contributed by atoms with Crippen molar-refractivity contribution in [3.05, 3.63) is 53.3 Å². The third-order valence-electron chi connectivity index (χ3n) is 2.86. The Bertz CT molecular complexity index is 646. The van der Waals surface area contributed by atoms with Gasteiger partial charge in [0.25, 0.3) is 0 Å². The monoisotopic (exact) mass is 277 g/mol. The number of thiazole rings is 1. The van der Waals surface area contributed by atoms with Gasteiger partial charge in [0.2, 0.25) is 0 Å². The van der Waals surface area contributed by atoms with Crippen LogP contribution in [0.4, 0.5) is 4.39 Å². The highest BCUT2D eigenvalue weighted by molar-refractivity contribution is 7.15. The van der Waals surface area contributed by atoms with Gasteiger partial charge in [-0.1, -0.05) is 0 Å². The van der Waals surface area contributed by atoms with E-state index in [4.69, 9.17) is 5.84 Å². The SMILES string of the molecule is NNC(Cc1cn2ccsc2n1)c1ccc(F)cn1. The smallest absolute Gasteiger partial charge is 0.193 e. The molecule has 0 radical (unpaired) electrons. The number of nitrogens with zero attached hydrogens (tertiary/aromatic N) is 3. The van der Waals surface area contributed by atoms with E-state index < -0.39 is 0 Å². The Hall–Kier alpha value is -1.83. The van der Waals surface area contributed by atoms with Crippen molar-refractivity contribution in [1.82, 2.24) is 19.8 Å². The molecule has 1 unspecified atom stereocenters. The van der Waals surface area contributed by atoms with Crippen LogP contribution in [0.2, 0.25) is 0 Å². The van der Waals surface area contributed by atoms with E-state index in [9.17, 15) is 4.39 Å². The molecule has 0 bridgehead atoms. The number of hydrogen-bond donors (Lipinski definition) is 2. The van der Waals surface area contributed by atoms with Crippen molar-refractivity contribution >= 4 is 16.3 Å². The molecule has 0 spiro atoms. The number of halogens is 1. The number of rotatable bonds is 4. The second kappa shape index (κ2) is 5.04. The summed E-state index contributed by atoms with van der Waals surface area (Å²) < 4.78 is 14.8. The molecular formula is C12H12FN5S. The molecular weight excluding hydrogens is 265 g/mol. The zero-order valence-corrected chi connectivity index (χ0v) is 10.8. The molecule has 3 N–H and O–H groups in total. The first-order valence-corrected chi connectivity index (χ1v) is 6.63. The zero-order chi connectivity index (χ0) is 13.2. The molecule has 0 amide bonds. The normalized spacial score (nSPS) is 12.9. The third kappa shape index (κ3) is 2.48. The Kier molecular flexibility index (Phi) is 3.24. The Morgan fingerprint density at radius 2 is 2.37 bits per heavy atom. The number of fused-ring (bicyclic) bond motifs is 1. The lowest BCUT2D eigenvalue weighted by Gasteiger charge is -2.13. The van der Waals surface area contributed by atoms with Crippen molar-refractivity contribution in [2.75, 3.05) is 0 Å². The molecule has 19 heavy (non-hydrogen) atoms. The summed E-state index contributed by atoms with van der Waals surface area (Å²) >= 11 is 1.58. The number of hydrazine groups is 1. The van der Waals surface area contributed by atoms with Gasteiger partial charge in [-0.2, -0.15) is 0 Å². The molecule has 0 saturated heterocycles. The van der Waals surface area contributed by atoms with Crippen LogP contribution in [0.3, 0.4) is 0 Å². The maximum Gasteiger partial charge on any atom is 0.193 e. The van der Waals surface area contributed by atoms with Crippen molar-refractivity contribution in [2.45, 2.75) is 12.5 Å². The van der Waals surface area contributed by atoms with Gasteiger partial charge in [-0.25, -0.2) is 9.37 Å². The summed E-state index contributed by atoms with van der Waals surface area (Å²) in [6.45, 7) is 0. The average Bonchev–Trinajstić information content (AvgIpc) is 2.98. The zero-order valence-electron chi connectivity index (χ0n) is 9.95. The Morgan fingerprint density at radius 1 is 1.47 bits per heavy atom. The fourth-order valence-electron chi connectivity index (χ4n) is 1.93. The molecule has 98 valence electrons. The Morgan fingerprint density at radius 3 is 3.05 bits per heavy atom. The van der Waals surface area contributed by atoms with Gasteiger partial charge in [0.15, 0.2) is 4.96 Å². The molecule has 0 fully saturated rings. The predicted octanol–water partition coefficient (Wildman–Crippen LogP) is 1.68. The van der Waals surface area contributed by atoms with Crippen LogP contribution >= 0.6 is 11.3 Å². The lowest BCUT2D eigenvalue weighted by molar-refractivity contribution is 0.529. The molecule has 3 aromatic heterocycles. The first kappa shape index (κ1) is 12.2. The van der Waals surface area contributed by atoms with Gasteiger partial charge in [-0.3, -0.25) is 20.7 Å². The van der Waals surface area contributed by atoms with Crippen molar-refractivity contribution in [1.29, 1.82) is 0 Å². The molecule has 0 aromatic carbocycles. The number of imidazole rings is 1. The lowest BCUT2D eigenvalue weighted by Crippen LogP contribution is -2.30. The summed E-state index contributed by atoms with van der Waals surface area (Å²) in [4.78, 5) is 9.47. The number of nitrogens with two attached hydrogens (primary N) is 1. The largest absolute Gasteiger partial charge is 0.297 e. The van der Waals surface area contributed by atoms with Crippen LogP contribution in [0.1, 0.15) is 17.4 Å². The summed E-state index contributed by atoms with van der Waals surface area (Å²) in [5.41, 5.74) is 4.30. The van der Waals surface area contributed by atoms with Crippen molar-refractivity contribution in [2.24, 2.45) is 5.84 Å². The number of hydrogen-bond acceptors (Lipinski definition) is 5. The first-order valence-electron chi connectivity index (χ1n) is 5.75. The number of nitrogens with one attached hydrogen (secondary N) is 1. The minimum absolute atomic E-state index is 0.190. The van der Waals surface area contributed by atoms with Crippen LogP contribution in [0.15, 0.2) is 36.1 Å². The molecule has 3 heterocycles. The summed E-state index contributed by atoms with van der Waals surface area (Å²) in [5, 5.41) is 1.98. The van der Waals surface area contributed by atoms with E-state index in [0.29, 0.717) is 12.1 Å². The standard InChI is InChI=1S/C12H12FN5S/c13-8-1-2-10(15-6-8)11(17-14)5-9-7-18-3-4-19-12(18)16-9/h1-4,6-7,11,17H,5,14H2. The minimum Gasteiger partial charge on any atom is -0.297 e. The molecule has 0 aliphatic carbocycles. The molecule has 0 aliphatic heterocycles. The van der Waals surface area contributed by atoms with Crippen LogP contribution < -0.4 is 11.3 Å². The fraction of sp³-hybridized carbons (Fsp3) is 0.167. The predicted molar refractivity (Wildman–Crippen MR) is 71.0 cm³/mol. The Labute approximate surface area is 112 Å². The molecule has 7 heteroatoms. The summed E-state index contributed by atoms with van der Waals surface area (Å²) in [6.07, 6.45) is 5.70. The highest BCUT2D eigenvalue weighted by Gasteiger charge is 2.14. The molecule has 0 aliphatic rings. The second-order valence-corrected chi connectivity index (χ2v) is 5.02. The van der Waals surface area contributed by atoms with Crippen molar-refractivity contribution in [3.8, 4) is 0 Å². The summed E-state index contributed by atoms with van der Waals surface area (Å²) in [7, 11) is 0. The molecule has 3 aromatic rings. The van der Waals surface area contributed by atoms with Crippen molar-refractivity contribution in [3.63, 3.8) is 0 Å². The highest BCUT2D eigenvalue weighted by atomic mass is 32.1. The van der Waals surface area contributed by atoms with Gasteiger partial charge < -0.3 is 0 Å². The van der Waals surface area contributed by atoms with Gasteiger partial charge in [0.05, 0.1) is 23.6 Å². The van der Waals surface area contributed by atoms with E-state index in [1.165, 1.54) is 12.3 Å². The first-order chi connectivity index (χ1) is 9.26. The Balaban J connectivity index is 1.83. The van der Waals surface area contributed by atoms with Crippen molar-refractivity contribution < 1.29 is 4.39 Å². The maximum atomic E-state index is 12.9. The van der Waals surface area contributed by atoms with E-state index in [0.717, 1.165) is 10.7 Å². The van der Waals surface area contributed by atoms with Gasteiger partial charge in [0, 0.05) is 24.2 Å². The van der Waals surface area contributed by atoms with Gasteiger partial charge in [-0.05, 0) is 12.1 Å². The van der Waals surface area contributed by atoms with E-state index in [2.05, 4.69) is 15.4 Å². The molecule has 1 atom stereocenters. The number of pyridine rings is 1. The second-order valence-electron chi connectivity index (χ2n) is 4.15. The quantitative estimate of drug-likeness (QED) is 0.562. The molecule has 0 saturated carbocycles. The van der Waals surface area contributed by atoms with E-state index in [1.807, 2.05) is 22.2 Å². The van der Waals surface area contributed by atoms with Crippen LogP contribution in [-0.2, 0) is 6.42 Å². The topological polar surface area (TPSA) is 68.2 Å². The van der Waals surface area contributed by atoms with Crippen LogP contribution in [0, 0.1) is 5.82 Å². The molecule has 5 nitrogen and oxygen atoms in total. The lowest BCUT2D eigenvalue weighted by atomic mass is 10.1. The van der Waals surface area contributed by atoms with Crippen LogP contribution in [0.5, 0.6) is 0 Å². The minimum atomic E-state index is -0.359. The molecule has 3 rings (SSSR count). The summed E-state index contributed by atoms with van der Waals surface area (Å²) in [5.74, 6) is 5.19. The van der Waals surface area contributed by atoms with E-state index in [1.54, 1.807) is 17.4 Å². The maximum absolute atomic E-state index is 12.9. The van der Waals surface area contributed by atoms with E-state index >= 15 is 0 Å². The third-order valence-corrected chi connectivity index (χ3v) is 3.64. The van der Waals surface area contributed by atoms with E-state index in [-0.39, 0.29) is 11.9 Å². The van der Waals surface area contributed by atoms with Crippen LogP contribution in [-0.4, -0.2) is 14.4 Å². The van der Waals surface area contributed by atoms with Gasteiger partial charge in [0.1, 0.15) is 5.82 Å². The van der Waals surface area contributed by atoms with Crippen LogP contribution in [0.25, 0.3) is 4.96 Å². The summed E-state index contributed by atoms with van der Waals surface area (Å²) in [6, 6.07) is 2.81. The van der Waals surface area contributed by atoms with Gasteiger partial charge >= 0.3 is 0 Å². The van der Waals surface area contributed by atoms with Gasteiger partial charge in [-0.15, -0.1) is 11.3 Å². The fourth-order valence-corrected chi connectivity index (χ4v) is 2.64. The number of aromatic nitrogens is 3. The average molecular weight is 277 g/mol. The highest BCUT2D eigenvalue weighted by Crippen LogP contribution is 2.18.